The van der Waals surface area contributed by atoms with Gasteiger partial charge in [0.2, 0.25) is 0 Å². The van der Waals surface area contributed by atoms with Gasteiger partial charge >= 0.3 is 5.97 Å². The minimum absolute atomic E-state index is 0.112. The zero-order valence-electron chi connectivity index (χ0n) is 15.6. The summed E-state index contributed by atoms with van der Waals surface area (Å²) in [7, 11) is 0. The third kappa shape index (κ3) is 2.56. The Bertz CT molecular complexity index is 1320. The summed E-state index contributed by atoms with van der Waals surface area (Å²) in [6.07, 6.45) is 1.66. The molecule has 0 fully saturated rings. The number of fused-ring (bicyclic) bond motifs is 2. The van der Waals surface area contributed by atoms with E-state index in [-0.39, 0.29) is 16.8 Å². The van der Waals surface area contributed by atoms with Crippen molar-refractivity contribution in [2.75, 3.05) is 0 Å². The maximum absolute atomic E-state index is 12.7. The normalized spacial score (nSPS) is 13.0. The second-order valence-corrected chi connectivity index (χ2v) is 6.62. The first-order chi connectivity index (χ1) is 14.6. The summed E-state index contributed by atoms with van der Waals surface area (Å²) in [6, 6.07) is 15.5. The highest BCUT2D eigenvalue weighted by atomic mass is 16.7. The Morgan fingerprint density at radius 2 is 1.63 bits per heavy atom. The Hall–Kier alpha value is -4.40. The standard InChI is InChI=1S/C21H13N5O4/c1-12-17(21(29)30-26-19(27)14-8-2-3-9-15(14)20(26)28)23-24-25(12)16-10-4-6-13-7-5-11-22-18(13)16/h2-11H,1H3. The molecule has 4 aromatic rings. The average Bonchev–Trinajstić information content (AvgIpc) is 3.27. The molecule has 0 aliphatic carbocycles. The van der Waals surface area contributed by atoms with E-state index in [1.165, 1.54) is 16.8 Å². The second kappa shape index (κ2) is 6.59. The van der Waals surface area contributed by atoms with Crippen LogP contribution in [0.25, 0.3) is 16.6 Å². The number of para-hydroxylation sites is 1. The number of imide groups is 1. The van der Waals surface area contributed by atoms with Gasteiger partial charge in [0.15, 0.2) is 5.69 Å². The molecule has 0 saturated carbocycles. The molecule has 0 spiro atoms. The van der Waals surface area contributed by atoms with Crippen molar-refractivity contribution in [3.8, 4) is 5.69 Å². The van der Waals surface area contributed by atoms with Crippen molar-refractivity contribution >= 4 is 28.7 Å². The molecule has 5 rings (SSSR count). The van der Waals surface area contributed by atoms with Gasteiger partial charge in [0, 0.05) is 11.6 Å². The smallest absolute Gasteiger partial charge is 0.322 e. The fraction of sp³-hybridized carbons (Fsp3) is 0.0476. The van der Waals surface area contributed by atoms with E-state index in [0.717, 1.165) is 5.39 Å². The fourth-order valence-corrected chi connectivity index (χ4v) is 3.38. The highest BCUT2D eigenvalue weighted by Crippen LogP contribution is 2.25. The van der Waals surface area contributed by atoms with Crippen molar-refractivity contribution in [2.24, 2.45) is 0 Å². The van der Waals surface area contributed by atoms with Gasteiger partial charge < -0.3 is 4.84 Å². The number of carbonyl (C=O) groups excluding carboxylic acids is 3. The predicted octanol–water partition coefficient (Wildman–Crippen LogP) is 2.49. The maximum atomic E-state index is 12.7. The van der Waals surface area contributed by atoms with Crippen LogP contribution in [-0.2, 0) is 4.84 Å². The minimum Gasteiger partial charge on any atom is -0.322 e. The average molecular weight is 399 g/mol. The molecule has 2 aromatic heterocycles. The second-order valence-electron chi connectivity index (χ2n) is 6.62. The number of rotatable bonds is 3. The number of carbonyl (C=O) groups is 3. The van der Waals surface area contributed by atoms with E-state index in [9.17, 15) is 14.4 Å². The molecule has 30 heavy (non-hydrogen) atoms. The van der Waals surface area contributed by atoms with Gasteiger partial charge in [-0.05, 0) is 31.2 Å². The van der Waals surface area contributed by atoms with Gasteiger partial charge in [0.1, 0.15) is 0 Å². The molecular weight excluding hydrogens is 386 g/mol. The zero-order chi connectivity index (χ0) is 20.8. The number of hydrogen-bond acceptors (Lipinski definition) is 7. The number of amides is 2. The Morgan fingerprint density at radius 1 is 0.933 bits per heavy atom. The number of nitrogens with zero attached hydrogens (tertiary/aromatic N) is 5. The van der Waals surface area contributed by atoms with Crippen molar-refractivity contribution in [3.63, 3.8) is 0 Å². The van der Waals surface area contributed by atoms with Gasteiger partial charge in [-0.2, -0.15) is 0 Å². The minimum atomic E-state index is -0.957. The van der Waals surface area contributed by atoms with Crippen LogP contribution >= 0.6 is 0 Å². The monoisotopic (exact) mass is 399 g/mol. The first-order valence-corrected chi connectivity index (χ1v) is 9.03. The first-order valence-electron chi connectivity index (χ1n) is 9.03. The molecule has 3 heterocycles. The predicted molar refractivity (Wildman–Crippen MR) is 104 cm³/mol. The van der Waals surface area contributed by atoms with Crippen molar-refractivity contribution < 1.29 is 19.2 Å². The number of hydrogen-bond donors (Lipinski definition) is 0. The molecule has 9 heteroatoms. The van der Waals surface area contributed by atoms with Gasteiger partial charge in [0.25, 0.3) is 11.8 Å². The van der Waals surface area contributed by atoms with Gasteiger partial charge in [-0.15, -0.1) is 5.10 Å². The van der Waals surface area contributed by atoms with Gasteiger partial charge in [-0.1, -0.05) is 40.6 Å². The number of aromatic nitrogens is 4. The van der Waals surface area contributed by atoms with Crippen LogP contribution in [0.15, 0.2) is 60.8 Å². The Labute approximate surface area is 169 Å². The van der Waals surface area contributed by atoms with Crippen LogP contribution in [0, 0.1) is 6.92 Å². The lowest BCUT2D eigenvalue weighted by Crippen LogP contribution is -2.33. The van der Waals surface area contributed by atoms with Gasteiger partial charge in [-0.25, -0.2) is 9.48 Å². The fourth-order valence-electron chi connectivity index (χ4n) is 3.38. The van der Waals surface area contributed by atoms with E-state index in [0.29, 0.717) is 22.0 Å². The molecule has 146 valence electrons. The van der Waals surface area contributed by atoms with Crippen molar-refractivity contribution in [3.05, 3.63) is 83.3 Å². The first kappa shape index (κ1) is 17.7. The highest BCUT2D eigenvalue weighted by Gasteiger charge is 2.39. The van der Waals surface area contributed by atoms with Crippen molar-refractivity contribution in [2.45, 2.75) is 6.92 Å². The number of benzene rings is 2. The molecule has 0 N–H and O–H groups in total. The topological polar surface area (TPSA) is 107 Å². The molecule has 0 unspecified atom stereocenters. The SMILES string of the molecule is Cc1c(C(=O)ON2C(=O)c3ccccc3C2=O)nnn1-c1cccc2cccnc12. The quantitative estimate of drug-likeness (QED) is 0.487. The van der Waals surface area contributed by atoms with E-state index >= 15 is 0 Å². The Kier molecular flexibility index (Phi) is 3.88. The summed E-state index contributed by atoms with van der Waals surface area (Å²) in [5, 5.41) is 9.30. The molecule has 0 bridgehead atoms. The lowest BCUT2D eigenvalue weighted by atomic mass is 10.1. The van der Waals surface area contributed by atoms with E-state index in [1.54, 1.807) is 31.3 Å². The van der Waals surface area contributed by atoms with Crippen LogP contribution in [0.4, 0.5) is 0 Å². The van der Waals surface area contributed by atoms with Crippen LogP contribution in [0.5, 0.6) is 0 Å². The van der Waals surface area contributed by atoms with E-state index in [4.69, 9.17) is 4.84 Å². The van der Waals surface area contributed by atoms with E-state index < -0.39 is 17.8 Å². The van der Waals surface area contributed by atoms with Gasteiger partial charge in [-0.3, -0.25) is 14.6 Å². The summed E-state index contributed by atoms with van der Waals surface area (Å²) >= 11 is 0. The molecule has 1 aliphatic heterocycles. The summed E-state index contributed by atoms with van der Waals surface area (Å²) in [4.78, 5) is 47.0. The Balaban J connectivity index is 1.47. The number of hydroxylamine groups is 2. The third-order valence-corrected chi connectivity index (χ3v) is 4.86. The number of pyridine rings is 1. The molecule has 1 aliphatic rings. The maximum Gasteiger partial charge on any atom is 0.385 e. The Morgan fingerprint density at radius 3 is 2.37 bits per heavy atom. The molecule has 0 radical (unpaired) electrons. The highest BCUT2D eigenvalue weighted by molar-refractivity contribution is 6.21. The molecule has 0 atom stereocenters. The van der Waals surface area contributed by atoms with E-state index in [1.807, 2.05) is 24.3 Å². The van der Waals surface area contributed by atoms with Gasteiger partial charge in [0.05, 0.1) is 28.0 Å². The third-order valence-electron chi connectivity index (χ3n) is 4.86. The molecular formula is C21H13N5O4. The lowest BCUT2D eigenvalue weighted by molar-refractivity contribution is -0.0589. The van der Waals surface area contributed by atoms with Crippen molar-refractivity contribution in [1.29, 1.82) is 0 Å². The van der Waals surface area contributed by atoms with Crippen LogP contribution in [0.3, 0.4) is 0 Å². The van der Waals surface area contributed by atoms with Crippen LogP contribution < -0.4 is 0 Å². The summed E-state index contributed by atoms with van der Waals surface area (Å²) in [6.45, 7) is 1.64. The summed E-state index contributed by atoms with van der Waals surface area (Å²) in [5.74, 6) is -2.36. The lowest BCUT2D eigenvalue weighted by Gasteiger charge is -2.12. The van der Waals surface area contributed by atoms with Crippen LogP contribution in [0.1, 0.15) is 36.9 Å². The van der Waals surface area contributed by atoms with E-state index in [2.05, 4.69) is 15.3 Å². The summed E-state index contributed by atoms with van der Waals surface area (Å²) in [5.41, 5.74) is 1.95. The van der Waals surface area contributed by atoms with Crippen LogP contribution in [-0.4, -0.2) is 42.8 Å². The molecule has 9 nitrogen and oxygen atoms in total. The van der Waals surface area contributed by atoms with Crippen molar-refractivity contribution in [1.82, 2.24) is 25.0 Å². The molecule has 2 amide bonds. The molecule has 0 saturated heterocycles. The van der Waals surface area contributed by atoms with Crippen LogP contribution in [0.2, 0.25) is 0 Å². The molecule has 2 aromatic carbocycles. The zero-order valence-corrected chi connectivity index (χ0v) is 15.6. The summed E-state index contributed by atoms with van der Waals surface area (Å²) < 4.78 is 1.47. The largest absolute Gasteiger partial charge is 0.385 e.